The van der Waals surface area contributed by atoms with Gasteiger partial charge in [-0.05, 0) is 18.4 Å². The van der Waals surface area contributed by atoms with Gasteiger partial charge in [-0.25, -0.2) is 8.78 Å². The second kappa shape index (κ2) is 5.71. The monoisotopic (exact) mass is 242 g/mol. The second-order valence-electron chi connectivity index (χ2n) is 3.24. The molecule has 0 atom stereocenters. The van der Waals surface area contributed by atoms with E-state index in [1.54, 1.807) is 19.2 Å². The summed E-state index contributed by atoms with van der Waals surface area (Å²) in [5.74, 6) is 0. The molecule has 0 spiro atoms. The van der Waals surface area contributed by atoms with Crippen molar-refractivity contribution in [3.63, 3.8) is 0 Å². The molecule has 0 bridgehead atoms. The molecule has 1 aromatic rings. The predicted molar refractivity (Wildman–Crippen MR) is 62.2 cm³/mol. The largest absolute Gasteiger partial charge is 0.368 e. The molecule has 0 N–H and O–H groups in total. The highest BCUT2D eigenvalue weighted by Crippen LogP contribution is 2.28. The Morgan fingerprint density at radius 2 is 2.19 bits per heavy atom. The van der Waals surface area contributed by atoms with E-state index in [2.05, 4.69) is 6.07 Å². The van der Waals surface area contributed by atoms with Crippen LogP contribution >= 0.6 is 11.8 Å². The highest BCUT2D eigenvalue weighted by atomic mass is 32.2. The van der Waals surface area contributed by atoms with Crippen molar-refractivity contribution >= 4 is 17.4 Å². The molecule has 0 amide bonds. The van der Waals surface area contributed by atoms with E-state index in [1.807, 2.05) is 12.3 Å². The highest BCUT2D eigenvalue weighted by Gasteiger charge is 2.14. The number of rotatable bonds is 4. The van der Waals surface area contributed by atoms with Crippen LogP contribution in [0, 0.1) is 11.3 Å². The number of thioether (sulfide) groups is 1. The molecule has 0 aliphatic heterocycles. The molecule has 0 unspecified atom stereocenters. The van der Waals surface area contributed by atoms with E-state index in [-0.39, 0.29) is 6.54 Å². The lowest BCUT2D eigenvalue weighted by atomic mass is 10.2. The summed E-state index contributed by atoms with van der Waals surface area (Å²) in [4.78, 5) is 2.21. The van der Waals surface area contributed by atoms with Gasteiger partial charge in [-0.2, -0.15) is 5.26 Å². The van der Waals surface area contributed by atoms with E-state index >= 15 is 0 Å². The molecule has 0 radical (unpaired) electrons. The third-order valence-electron chi connectivity index (χ3n) is 2.16. The Balaban J connectivity index is 3.09. The molecule has 0 aromatic heterocycles. The van der Waals surface area contributed by atoms with Crippen LogP contribution in [-0.2, 0) is 0 Å². The van der Waals surface area contributed by atoms with E-state index < -0.39 is 6.43 Å². The van der Waals surface area contributed by atoms with Gasteiger partial charge in [0.15, 0.2) is 0 Å². The summed E-state index contributed by atoms with van der Waals surface area (Å²) in [7, 11) is 1.56. The lowest BCUT2D eigenvalue weighted by Crippen LogP contribution is -2.24. The summed E-state index contributed by atoms with van der Waals surface area (Å²) in [5, 5.41) is 9.04. The van der Waals surface area contributed by atoms with Crippen molar-refractivity contribution in [1.29, 1.82) is 5.26 Å². The lowest BCUT2D eigenvalue weighted by Gasteiger charge is -2.20. The smallest absolute Gasteiger partial charge is 0.255 e. The molecule has 86 valence electrons. The van der Waals surface area contributed by atoms with Crippen LogP contribution in [-0.4, -0.2) is 26.3 Å². The van der Waals surface area contributed by atoms with Crippen molar-refractivity contribution in [2.24, 2.45) is 0 Å². The van der Waals surface area contributed by atoms with E-state index in [0.717, 1.165) is 4.90 Å². The zero-order chi connectivity index (χ0) is 12.1. The summed E-state index contributed by atoms with van der Waals surface area (Å²) < 4.78 is 24.5. The fourth-order valence-electron chi connectivity index (χ4n) is 1.43. The van der Waals surface area contributed by atoms with Crippen molar-refractivity contribution < 1.29 is 8.78 Å². The normalized spacial score (nSPS) is 10.2. The van der Waals surface area contributed by atoms with E-state index in [0.29, 0.717) is 11.3 Å². The fraction of sp³-hybridized carbons (Fsp3) is 0.364. The van der Waals surface area contributed by atoms with Gasteiger partial charge >= 0.3 is 0 Å². The number of halogens is 2. The van der Waals surface area contributed by atoms with Gasteiger partial charge in [0.25, 0.3) is 6.43 Å². The number of alkyl halides is 2. The molecule has 16 heavy (non-hydrogen) atoms. The van der Waals surface area contributed by atoms with Crippen LogP contribution in [0.25, 0.3) is 0 Å². The van der Waals surface area contributed by atoms with Crippen molar-refractivity contribution in [1.82, 2.24) is 0 Å². The van der Waals surface area contributed by atoms with Crippen molar-refractivity contribution in [2.45, 2.75) is 11.3 Å². The van der Waals surface area contributed by atoms with E-state index in [1.165, 1.54) is 16.7 Å². The zero-order valence-electron chi connectivity index (χ0n) is 9.08. The first kappa shape index (κ1) is 12.8. The quantitative estimate of drug-likeness (QED) is 0.759. The Labute approximate surface area is 97.9 Å². The van der Waals surface area contributed by atoms with Gasteiger partial charge in [0.1, 0.15) is 6.07 Å². The van der Waals surface area contributed by atoms with Crippen LogP contribution in [0.1, 0.15) is 5.56 Å². The number of hydrogen-bond acceptors (Lipinski definition) is 3. The topological polar surface area (TPSA) is 27.0 Å². The Hall–Kier alpha value is -1.28. The van der Waals surface area contributed by atoms with Gasteiger partial charge in [-0.3, -0.25) is 0 Å². The fourth-order valence-corrected chi connectivity index (χ4v) is 1.99. The molecular weight excluding hydrogens is 230 g/mol. The predicted octanol–water partition coefficient (Wildman–Crippen LogP) is 2.98. The van der Waals surface area contributed by atoms with Gasteiger partial charge in [0, 0.05) is 11.9 Å². The SMILES string of the molecule is CSc1cccc(N(C)CC(F)F)c1C#N. The van der Waals surface area contributed by atoms with Crippen molar-refractivity contribution in [3.8, 4) is 6.07 Å². The zero-order valence-corrected chi connectivity index (χ0v) is 9.89. The number of benzene rings is 1. The molecule has 0 aliphatic carbocycles. The third kappa shape index (κ3) is 2.86. The Morgan fingerprint density at radius 1 is 1.50 bits per heavy atom. The molecule has 1 aromatic carbocycles. The van der Waals surface area contributed by atoms with Crippen molar-refractivity contribution in [3.05, 3.63) is 23.8 Å². The van der Waals surface area contributed by atoms with Gasteiger partial charge in [0.2, 0.25) is 0 Å². The molecular formula is C11H12F2N2S. The Morgan fingerprint density at radius 3 is 2.69 bits per heavy atom. The average molecular weight is 242 g/mol. The van der Waals surface area contributed by atoms with Crippen LogP contribution in [0.15, 0.2) is 23.1 Å². The molecule has 2 nitrogen and oxygen atoms in total. The molecule has 0 aliphatic rings. The third-order valence-corrected chi connectivity index (χ3v) is 2.94. The maximum absolute atomic E-state index is 12.3. The second-order valence-corrected chi connectivity index (χ2v) is 4.09. The first-order valence-corrected chi connectivity index (χ1v) is 5.89. The van der Waals surface area contributed by atoms with Crippen LogP contribution < -0.4 is 4.90 Å². The number of hydrogen-bond donors (Lipinski definition) is 0. The molecule has 1 rings (SSSR count). The standard InChI is InChI=1S/C11H12F2N2S/c1-15(7-11(12)13)9-4-3-5-10(16-2)8(9)6-14/h3-5,11H,7H2,1-2H3. The lowest BCUT2D eigenvalue weighted by molar-refractivity contribution is 0.156. The van der Waals surface area contributed by atoms with Crippen LogP contribution in [0.3, 0.4) is 0 Å². The number of anilines is 1. The Kier molecular flexibility index (Phi) is 4.56. The minimum absolute atomic E-state index is 0.369. The summed E-state index contributed by atoms with van der Waals surface area (Å²) in [6.45, 7) is -0.369. The summed E-state index contributed by atoms with van der Waals surface area (Å²) in [6, 6.07) is 7.32. The van der Waals surface area contributed by atoms with E-state index in [9.17, 15) is 8.78 Å². The summed E-state index contributed by atoms with van der Waals surface area (Å²) in [6.07, 6.45) is -0.554. The molecule has 0 saturated carbocycles. The van der Waals surface area contributed by atoms with Crippen LogP contribution in [0.5, 0.6) is 0 Å². The van der Waals surface area contributed by atoms with Crippen molar-refractivity contribution in [2.75, 3.05) is 24.7 Å². The minimum Gasteiger partial charge on any atom is -0.368 e. The van der Waals surface area contributed by atoms with Gasteiger partial charge < -0.3 is 4.90 Å². The molecule has 5 heteroatoms. The first-order chi connectivity index (χ1) is 7.60. The maximum Gasteiger partial charge on any atom is 0.255 e. The number of nitriles is 1. The van der Waals surface area contributed by atoms with Gasteiger partial charge in [0.05, 0.1) is 17.8 Å². The minimum atomic E-state index is -2.41. The average Bonchev–Trinajstić information content (AvgIpc) is 2.26. The Bertz CT molecular complexity index is 401. The highest BCUT2D eigenvalue weighted by molar-refractivity contribution is 7.98. The number of nitrogens with zero attached hydrogens (tertiary/aromatic N) is 2. The van der Waals surface area contributed by atoms with Crippen LogP contribution in [0.4, 0.5) is 14.5 Å². The van der Waals surface area contributed by atoms with E-state index in [4.69, 9.17) is 5.26 Å². The van der Waals surface area contributed by atoms with Gasteiger partial charge in [-0.15, -0.1) is 11.8 Å². The molecule has 0 saturated heterocycles. The summed E-state index contributed by atoms with van der Waals surface area (Å²) in [5.41, 5.74) is 1.01. The molecule has 0 heterocycles. The first-order valence-electron chi connectivity index (χ1n) is 4.66. The van der Waals surface area contributed by atoms with Crippen LogP contribution in [0.2, 0.25) is 0 Å². The molecule has 0 fully saturated rings. The summed E-state index contributed by atoms with van der Waals surface area (Å²) >= 11 is 1.43. The maximum atomic E-state index is 12.3. The van der Waals surface area contributed by atoms with Gasteiger partial charge in [-0.1, -0.05) is 6.07 Å².